The third-order valence-electron chi connectivity index (χ3n) is 3.65. The molecule has 0 spiro atoms. The highest BCUT2D eigenvalue weighted by Gasteiger charge is 2.50. The van der Waals surface area contributed by atoms with Crippen molar-refractivity contribution in [2.24, 2.45) is 0 Å². The first-order chi connectivity index (χ1) is 9.26. The number of rotatable bonds is 3. The lowest BCUT2D eigenvalue weighted by molar-refractivity contribution is -0.121. The molecular formula is C15H15NO3. The minimum Gasteiger partial charge on any atom is -0.467 e. The Labute approximate surface area is 111 Å². The van der Waals surface area contributed by atoms with Crippen molar-refractivity contribution in [3.63, 3.8) is 0 Å². The minimum atomic E-state index is -0.712. The molecule has 1 saturated heterocycles. The summed E-state index contributed by atoms with van der Waals surface area (Å²) in [6.07, 6.45) is 1.89. The van der Waals surface area contributed by atoms with Gasteiger partial charge in [-0.25, -0.2) is 0 Å². The Kier molecular flexibility index (Phi) is 2.87. The van der Waals surface area contributed by atoms with E-state index in [0.29, 0.717) is 12.2 Å². The molecule has 0 unspecified atom stereocenters. The Morgan fingerprint density at radius 1 is 1.26 bits per heavy atom. The molecule has 4 nitrogen and oxygen atoms in total. The van der Waals surface area contributed by atoms with E-state index in [2.05, 4.69) is 5.32 Å². The van der Waals surface area contributed by atoms with Crippen molar-refractivity contribution in [1.82, 2.24) is 5.32 Å². The third kappa shape index (κ3) is 1.85. The van der Waals surface area contributed by atoms with E-state index >= 15 is 0 Å². The molecule has 4 heteroatoms. The fourth-order valence-corrected chi connectivity index (χ4v) is 2.72. The van der Waals surface area contributed by atoms with Crippen molar-refractivity contribution in [2.75, 3.05) is 7.11 Å². The van der Waals surface area contributed by atoms with E-state index in [4.69, 9.17) is 9.15 Å². The molecule has 1 aliphatic heterocycles. The molecule has 2 heterocycles. The zero-order valence-electron chi connectivity index (χ0n) is 10.6. The van der Waals surface area contributed by atoms with Gasteiger partial charge in [-0.05, 0) is 17.7 Å². The van der Waals surface area contributed by atoms with Gasteiger partial charge in [0.05, 0.1) is 12.7 Å². The van der Waals surface area contributed by atoms with Gasteiger partial charge < -0.3 is 14.5 Å². The van der Waals surface area contributed by atoms with Gasteiger partial charge in [-0.3, -0.25) is 4.79 Å². The standard InChI is InChI=1S/C15H15NO3/c1-18-15(11-6-3-2-4-7-11)10-13(17)16-14(15)12-8-5-9-19-12/h2-9,14H,10H2,1H3,(H,16,17)/t14-,15+/m1/s1. The molecule has 1 aliphatic rings. The van der Waals surface area contributed by atoms with E-state index in [-0.39, 0.29) is 11.9 Å². The monoisotopic (exact) mass is 257 g/mol. The fourth-order valence-electron chi connectivity index (χ4n) is 2.72. The maximum absolute atomic E-state index is 11.9. The highest BCUT2D eigenvalue weighted by Crippen LogP contribution is 2.45. The predicted octanol–water partition coefficient (Wildman–Crippen LogP) is 2.38. The molecule has 2 aromatic rings. The van der Waals surface area contributed by atoms with E-state index in [1.165, 1.54) is 0 Å². The van der Waals surface area contributed by atoms with Crippen LogP contribution in [0, 0.1) is 0 Å². The average Bonchev–Trinajstić information content (AvgIpc) is 3.07. The molecule has 19 heavy (non-hydrogen) atoms. The summed E-state index contributed by atoms with van der Waals surface area (Å²) in [6.45, 7) is 0. The normalized spacial score (nSPS) is 26.4. The quantitative estimate of drug-likeness (QED) is 0.918. The Balaban J connectivity index is 2.10. The number of ether oxygens (including phenoxy) is 1. The lowest BCUT2D eigenvalue weighted by atomic mass is 9.85. The van der Waals surface area contributed by atoms with Gasteiger partial charge in [-0.1, -0.05) is 30.3 Å². The number of hydrogen-bond donors (Lipinski definition) is 1. The van der Waals surface area contributed by atoms with Crippen molar-refractivity contribution < 1.29 is 13.9 Å². The van der Waals surface area contributed by atoms with Crippen molar-refractivity contribution in [3.05, 3.63) is 60.1 Å². The van der Waals surface area contributed by atoms with Crippen molar-refractivity contribution in [2.45, 2.75) is 18.1 Å². The zero-order valence-corrected chi connectivity index (χ0v) is 10.6. The summed E-state index contributed by atoms with van der Waals surface area (Å²) in [5, 5.41) is 2.94. The summed E-state index contributed by atoms with van der Waals surface area (Å²) in [5.74, 6) is 0.670. The smallest absolute Gasteiger partial charge is 0.224 e. The summed E-state index contributed by atoms with van der Waals surface area (Å²) in [7, 11) is 1.63. The number of carbonyl (C=O) groups is 1. The molecule has 0 saturated carbocycles. The number of nitrogens with one attached hydrogen (secondary N) is 1. The van der Waals surface area contributed by atoms with Gasteiger partial charge in [0.15, 0.2) is 0 Å². The second-order valence-corrected chi connectivity index (χ2v) is 4.65. The fraction of sp³-hybridized carbons (Fsp3) is 0.267. The summed E-state index contributed by atoms with van der Waals surface area (Å²) in [4.78, 5) is 11.9. The van der Waals surface area contributed by atoms with Crippen LogP contribution in [0.5, 0.6) is 0 Å². The number of furan rings is 1. The first-order valence-corrected chi connectivity index (χ1v) is 6.20. The number of benzene rings is 1. The van der Waals surface area contributed by atoms with Crippen LogP contribution in [0.15, 0.2) is 53.1 Å². The number of carbonyl (C=O) groups excluding carboxylic acids is 1. The van der Waals surface area contributed by atoms with Crippen LogP contribution in [0.1, 0.15) is 23.8 Å². The molecule has 1 aromatic carbocycles. The molecule has 3 rings (SSSR count). The Hall–Kier alpha value is -2.07. The highest BCUT2D eigenvalue weighted by atomic mass is 16.5. The molecule has 1 amide bonds. The van der Waals surface area contributed by atoms with E-state index in [1.807, 2.05) is 42.5 Å². The first-order valence-electron chi connectivity index (χ1n) is 6.20. The summed E-state index contributed by atoms with van der Waals surface area (Å²) < 4.78 is 11.2. The minimum absolute atomic E-state index is 0.0351. The maximum atomic E-state index is 11.9. The maximum Gasteiger partial charge on any atom is 0.224 e. The second-order valence-electron chi connectivity index (χ2n) is 4.65. The zero-order chi connectivity index (χ0) is 13.3. The molecule has 1 fully saturated rings. The summed E-state index contributed by atoms with van der Waals surface area (Å²) >= 11 is 0. The van der Waals surface area contributed by atoms with Crippen LogP contribution in [0.3, 0.4) is 0 Å². The molecule has 0 bridgehead atoms. The van der Waals surface area contributed by atoms with Crippen molar-refractivity contribution in [3.8, 4) is 0 Å². The Bertz CT molecular complexity index is 564. The van der Waals surface area contributed by atoms with Gasteiger partial charge >= 0.3 is 0 Å². The largest absolute Gasteiger partial charge is 0.467 e. The predicted molar refractivity (Wildman–Crippen MR) is 69.3 cm³/mol. The van der Waals surface area contributed by atoms with Crippen LogP contribution in [-0.2, 0) is 15.1 Å². The Morgan fingerprint density at radius 3 is 2.68 bits per heavy atom. The van der Waals surface area contributed by atoms with Crippen LogP contribution in [0.25, 0.3) is 0 Å². The molecule has 0 aliphatic carbocycles. The number of methoxy groups -OCH3 is 1. The topological polar surface area (TPSA) is 51.5 Å². The first kappa shape index (κ1) is 12.0. The molecule has 2 atom stereocenters. The van der Waals surface area contributed by atoms with E-state index in [0.717, 1.165) is 5.56 Å². The van der Waals surface area contributed by atoms with Crippen LogP contribution >= 0.6 is 0 Å². The second kappa shape index (κ2) is 4.55. The SMILES string of the molecule is CO[C@]1(c2ccccc2)CC(=O)N[C@@H]1c1ccco1. The van der Waals surface area contributed by atoms with Gasteiger partial charge in [0, 0.05) is 7.11 Å². The van der Waals surface area contributed by atoms with Gasteiger partial charge in [-0.2, -0.15) is 0 Å². The van der Waals surface area contributed by atoms with Crippen molar-refractivity contribution >= 4 is 5.91 Å². The van der Waals surface area contributed by atoms with Gasteiger partial charge in [0.25, 0.3) is 0 Å². The highest BCUT2D eigenvalue weighted by molar-refractivity contribution is 5.81. The average molecular weight is 257 g/mol. The van der Waals surface area contributed by atoms with E-state index < -0.39 is 5.60 Å². The van der Waals surface area contributed by atoms with E-state index in [9.17, 15) is 4.79 Å². The summed E-state index contributed by atoms with van der Waals surface area (Å²) in [5.41, 5.74) is 0.258. The van der Waals surface area contributed by atoms with Gasteiger partial charge in [0.1, 0.15) is 17.4 Å². The molecule has 0 radical (unpaired) electrons. The van der Waals surface area contributed by atoms with Gasteiger partial charge in [-0.15, -0.1) is 0 Å². The van der Waals surface area contributed by atoms with Crippen LogP contribution in [0.4, 0.5) is 0 Å². The lowest BCUT2D eigenvalue weighted by Crippen LogP contribution is -2.34. The number of amides is 1. The molecular weight excluding hydrogens is 242 g/mol. The van der Waals surface area contributed by atoms with Crippen LogP contribution < -0.4 is 5.32 Å². The molecule has 1 N–H and O–H groups in total. The summed E-state index contributed by atoms with van der Waals surface area (Å²) in [6, 6.07) is 13.1. The van der Waals surface area contributed by atoms with E-state index in [1.54, 1.807) is 13.4 Å². The number of hydrogen-bond acceptors (Lipinski definition) is 3. The van der Waals surface area contributed by atoms with Crippen LogP contribution in [-0.4, -0.2) is 13.0 Å². The molecule has 98 valence electrons. The Morgan fingerprint density at radius 2 is 2.05 bits per heavy atom. The van der Waals surface area contributed by atoms with Crippen molar-refractivity contribution in [1.29, 1.82) is 0 Å². The van der Waals surface area contributed by atoms with Gasteiger partial charge in [0.2, 0.25) is 5.91 Å². The lowest BCUT2D eigenvalue weighted by Gasteiger charge is -2.32. The molecule has 1 aromatic heterocycles. The van der Waals surface area contributed by atoms with Crippen LogP contribution in [0.2, 0.25) is 0 Å². The third-order valence-corrected chi connectivity index (χ3v) is 3.65.